The van der Waals surface area contributed by atoms with Crippen LogP contribution in [0.4, 0.5) is 5.13 Å². The average molecular weight is 318 g/mol. The molecule has 0 aliphatic carbocycles. The van der Waals surface area contributed by atoms with E-state index >= 15 is 0 Å². The monoisotopic (exact) mass is 318 g/mol. The smallest absolute Gasteiger partial charge is 0.318 e. The van der Waals surface area contributed by atoms with E-state index in [0.717, 1.165) is 11.3 Å². The van der Waals surface area contributed by atoms with Crippen LogP contribution in [0.1, 0.15) is 13.8 Å². The van der Waals surface area contributed by atoms with E-state index in [4.69, 9.17) is 5.11 Å². The highest BCUT2D eigenvalue weighted by atomic mass is 32.2. The maximum absolute atomic E-state index is 11.8. The van der Waals surface area contributed by atoms with Crippen molar-refractivity contribution < 1.29 is 19.5 Å². The van der Waals surface area contributed by atoms with Crippen LogP contribution < -0.4 is 10.6 Å². The van der Waals surface area contributed by atoms with Gasteiger partial charge in [0.2, 0.25) is 16.9 Å². The zero-order valence-corrected chi connectivity index (χ0v) is 12.7. The molecule has 1 rings (SSSR count). The van der Waals surface area contributed by atoms with E-state index in [1.807, 2.05) is 0 Å². The van der Waals surface area contributed by atoms with Crippen LogP contribution in [0.2, 0.25) is 0 Å². The number of carbonyl (C=O) groups excluding carboxylic acids is 2. The molecule has 1 aromatic rings. The molecule has 0 aromatic carbocycles. The summed E-state index contributed by atoms with van der Waals surface area (Å²) in [6.45, 7) is 2.60. The van der Waals surface area contributed by atoms with Crippen molar-refractivity contribution in [3.05, 3.63) is 0 Å². The molecule has 0 saturated carbocycles. The summed E-state index contributed by atoms with van der Waals surface area (Å²) in [5.41, 5.74) is -1.55. The molecule has 0 radical (unpaired) electrons. The van der Waals surface area contributed by atoms with Gasteiger partial charge >= 0.3 is 5.97 Å². The lowest BCUT2D eigenvalue weighted by Gasteiger charge is -2.16. The van der Waals surface area contributed by atoms with Gasteiger partial charge in [0, 0.05) is 7.05 Å². The topological polar surface area (TPSA) is 121 Å². The van der Waals surface area contributed by atoms with Gasteiger partial charge in [-0.1, -0.05) is 23.1 Å². The lowest BCUT2D eigenvalue weighted by molar-refractivity contribution is -0.151. The highest BCUT2D eigenvalue weighted by Crippen LogP contribution is 2.26. The van der Waals surface area contributed by atoms with Crippen molar-refractivity contribution in [2.75, 3.05) is 18.1 Å². The van der Waals surface area contributed by atoms with Gasteiger partial charge in [-0.15, -0.1) is 10.2 Å². The molecule has 0 atom stereocenters. The second-order valence-electron chi connectivity index (χ2n) is 4.22. The van der Waals surface area contributed by atoms with Gasteiger partial charge in [0.25, 0.3) is 0 Å². The van der Waals surface area contributed by atoms with Crippen LogP contribution in [0.3, 0.4) is 0 Å². The highest BCUT2D eigenvalue weighted by molar-refractivity contribution is 8.01. The zero-order chi connectivity index (χ0) is 15.3. The molecule has 0 aliphatic rings. The summed E-state index contributed by atoms with van der Waals surface area (Å²) in [5.74, 6) is -1.86. The van der Waals surface area contributed by atoms with Gasteiger partial charge in [0.1, 0.15) is 5.41 Å². The Balaban J connectivity index is 2.62. The number of carboxylic acid groups (broad SMARTS) is 1. The summed E-state index contributed by atoms with van der Waals surface area (Å²) in [6, 6.07) is 0. The maximum Gasteiger partial charge on any atom is 0.318 e. The Labute approximate surface area is 123 Å². The maximum atomic E-state index is 11.8. The predicted molar refractivity (Wildman–Crippen MR) is 74.7 cm³/mol. The van der Waals surface area contributed by atoms with Crippen LogP contribution >= 0.6 is 23.1 Å². The lowest BCUT2D eigenvalue weighted by atomic mass is 9.93. The molecular weight excluding hydrogens is 304 g/mol. The number of amides is 2. The van der Waals surface area contributed by atoms with Crippen LogP contribution in [0, 0.1) is 5.41 Å². The number of nitrogens with one attached hydrogen (secondary N) is 2. The summed E-state index contributed by atoms with van der Waals surface area (Å²) >= 11 is 2.26. The van der Waals surface area contributed by atoms with Crippen LogP contribution in [0.25, 0.3) is 0 Å². The highest BCUT2D eigenvalue weighted by Gasteiger charge is 2.36. The summed E-state index contributed by atoms with van der Waals surface area (Å²) in [6.07, 6.45) is 0. The van der Waals surface area contributed by atoms with E-state index in [2.05, 4.69) is 20.8 Å². The summed E-state index contributed by atoms with van der Waals surface area (Å²) < 4.78 is 0.511. The standard InChI is InChI=1S/C10H14N4O4S2/c1-10(2,7(17)18)6(16)12-8-13-14-9(20-8)19-4-5(15)11-3/h4H2,1-3H3,(H,11,15)(H,17,18)(H,12,13,16). The Hall–Kier alpha value is -1.68. The third kappa shape index (κ3) is 4.17. The van der Waals surface area contributed by atoms with Crippen molar-refractivity contribution in [3.8, 4) is 0 Å². The number of aliphatic carboxylic acids is 1. The molecule has 1 heterocycles. The third-order valence-electron chi connectivity index (χ3n) is 2.33. The minimum Gasteiger partial charge on any atom is -0.480 e. The normalized spacial score (nSPS) is 10.9. The summed E-state index contributed by atoms with van der Waals surface area (Å²) in [4.78, 5) is 33.8. The Morgan fingerprint density at radius 1 is 1.35 bits per heavy atom. The van der Waals surface area contributed by atoms with Crippen molar-refractivity contribution in [1.82, 2.24) is 15.5 Å². The van der Waals surface area contributed by atoms with Gasteiger partial charge in [-0.2, -0.15) is 0 Å². The van der Waals surface area contributed by atoms with Crippen molar-refractivity contribution in [1.29, 1.82) is 0 Å². The van der Waals surface area contributed by atoms with Gasteiger partial charge in [0.05, 0.1) is 5.75 Å². The number of carboxylic acids is 1. The first-order valence-corrected chi connectivity index (χ1v) is 7.29. The van der Waals surface area contributed by atoms with E-state index in [0.29, 0.717) is 4.34 Å². The molecule has 10 heteroatoms. The first kappa shape index (κ1) is 16.4. The quantitative estimate of drug-likeness (QED) is 0.395. The zero-order valence-electron chi connectivity index (χ0n) is 11.1. The number of hydrogen-bond acceptors (Lipinski definition) is 7. The number of aromatic nitrogens is 2. The van der Waals surface area contributed by atoms with Crippen LogP contribution in [-0.2, 0) is 14.4 Å². The van der Waals surface area contributed by atoms with Crippen molar-refractivity contribution in [3.63, 3.8) is 0 Å². The molecule has 8 nitrogen and oxygen atoms in total. The molecule has 0 unspecified atom stereocenters. The molecular formula is C10H14N4O4S2. The first-order chi connectivity index (χ1) is 9.27. The predicted octanol–water partition coefficient (Wildman–Crippen LogP) is 0.425. The number of nitrogens with zero attached hydrogens (tertiary/aromatic N) is 2. The summed E-state index contributed by atoms with van der Waals surface area (Å²) in [5, 5.41) is 21.5. The van der Waals surface area contributed by atoms with E-state index < -0.39 is 17.3 Å². The fourth-order valence-corrected chi connectivity index (χ4v) is 2.49. The van der Waals surface area contributed by atoms with Crippen molar-refractivity contribution in [2.45, 2.75) is 18.2 Å². The molecule has 0 fully saturated rings. The number of thioether (sulfide) groups is 1. The number of carbonyl (C=O) groups is 3. The molecule has 110 valence electrons. The van der Waals surface area contributed by atoms with Crippen LogP contribution in [-0.4, -0.2) is 45.9 Å². The minimum atomic E-state index is -1.55. The fraction of sp³-hybridized carbons (Fsp3) is 0.500. The molecule has 0 spiro atoms. The molecule has 0 saturated heterocycles. The third-order valence-corrected chi connectivity index (χ3v) is 4.31. The number of rotatable bonds is 6. The van der Waals surface area contributed by atoms with E-state index in [-0.39, 0.29) is 16.8 Å². The second kappa shape index (κ2) is 6.66. The van der Waals surface area contributed by atoms with E-state index in [9.17, 15) is 14.4 Å². The number of anilines is 1. The Bertz CT molecular complexity index is 529. The Morgan fingerprint density at radius 2 is 2.00 bits per heavy atom. The molecule has 0 bridgehead atoms. The molecule has 3 N–H and O–H groups in total. The second-order valence-corrected chi connectivity index (χ2v) is 6.42. The first-order valence-electron chi connectivity index (χ1n) is 5.49. The molecule has 2 amide bonds. The van der Waals surface area contributed by atoms with Gasteiger partial charge in [-0.25, -0.2) is 0 Å². The van der Waals surface area contributed by atoms with E-state index in [1.165, 1.54) is 32.7 Å². The van der Waals surface area contributed by atoms with Crippen LogP contribution in [0.5, 0.6) is 0 Å². The van der Waals surface area contributed by atoms with Gasteiger partial charge in [-0.3, -0.25) is 19.7 Å². The average Bonchev–Trinajstić information content (AvgIpc) is 2.83. The van der Waals surface area contributed by atoms with Crippen molar-refractivity contribution in [2.24, 2.45) is 5.41 Å². The molecule has 0 aliphatic heterocycles. The Morgan fingerprint density at radius 3 is 2.55 bits per heavy atom. The summed E-state index contributed by atoms with van der Waals surface area (Å²) in [7, 11) is 1.53. The van der Waals surface area contributed by atoms with Gasteiger partial charge < -0.3 is 10.4 Å². The lowest BCUT2D eigenvalue weighted by Crippen LogP contribution is -2.37. The van der Waals surface area contributed by atoms with Crippen molar-refractivity contribution >= 4 is 46.0 Å². The fourth-order valence-electron chi connectivity index (χ4n) is 0.869. The van der Waals surface area contributed by atoms with Crippen LogP contribution in [0.15, 0.2) is 4.34 Å². The number of hydrogen-bond donors (Lipinski definition) is 3. The minimum absolute atomic E-state index is 0.150. The SMILES string of the molecule is CNC(=O)CSc1nnc(NC(=O)C(C)(C)C(=O)O)s1. The molecule has 1 aromatic heterocycles. The molecule has 20 heavy (non-hydrogen) atoms. The van der Waals surface area contributed by atoms with Gasteiger partial charge in [0.15, 0.2) is 4.34 Å². The van der Waals surface area contributed by atoms with Gasteiger partial charge in [-0.05, 0) is 13.8 Å². The largest absolute Gasteiger partial charge is 0.480 e. The Kier molecular flexibility index (Phi) is 5.45. The van der Waals surface area contributed by atoms with E-state index in [1.54, 1.807) is 0 Å².